The molecule has 0 saturated carbocycles. The summed E-state index contributed by atoms with van der Waals surface area (Å²) < 4.78 is 58.8. The van der Waals surface area contributed by atoms with Crippen LogP contribution in [-0.4, -0.2) is 45.4 Å². The van der Waals surface area contributed by atoms with Gasteiger partial charge in [0.25, 0.3) is 0 Å². The van der Waals surface area contributed by atoms with Crippen LogP contribution in [0.4, 0.5) is 23.2 Å². The number of aliphatic hydroxyl groups is 1. The molecule has 2 aromatic carbocycles. The molecule has 4 aromatic rings. The fourth-order valence-electron chi connectivity index (χ4n) is 3.91. The predicted octanol–water partition coefficient (Wildman–Crippen LogP) is 4.40. The molecule has 1 amide bonds. The molecule has 194 valence electrons. The van der Waals surface area contributed by atoms with Gasteiger partial charge in [0.05, 0.1) is 36.8 Å². The van der Waals surface area contributed by atoms with Crippen molar-refractivity contribution in [3.63, 3.8) is 0 Å². The molecule has 0 aliphatic carbocycles. The molecule has 8 nitrogen and oxygen atoms in total. The molecule has 0 radical (unpaired) electrons. The average molecular weight is 517 g/mol. The van der Waals surface area contributed by atoms with Crippen LogP contribution in [0, 0.1) is 12.7 Å². The molecule has 0 saturated heterocycles. The van der Waals surface area contributed by atoms with E-state index in [2.05, 4.69) is 15.4 Å². The van der Waals surface area contributed by atoms with Gasteiger partial charge in [0.15, 0.2) is 17.2 Å². The third-order valence-electron chi connectivity index (χ3n) is 5.77. The summed E-state index contributed by atoms with van der Waals surface area (Å²) in [6, 6.07) is 10.1. The average Bonchev–Trinajstić information content (AvgIpc) is 3.26. The smallest absolute Gasteiger partial charge is 0.390 e. The van der Waals surface area contributed by atoms with Gasteiger partial charge in [0, 0.05) is 17.7 Å². The van der Waals surface area contributed by atoms with Gasteiger partial charge in [-0.05, 0) is 48.4 Å². The van der Waals surface area contributed by atoms with Crippen LogP contribution < -0.4 is 15.8 Å². The summed E-state index contributed by atoms with van der Waals surface area (Å²) in [5.74, 6) is -1.30. The van der Waals surface area contributed by atoms with E-state index in [1.807, 2.05) is 0 Å². The zero-order valence-electron chi connectivity index (χ0n) is 19.8. The minimum Gasteiger partial charge on any atom is -0.494 e. The molecule has 0 aliphatic heterocycles. The Balaban J connectivity index is 1.82. The van der Waals surface area contributed by atoms with Crippen LogP contribution in [0.1, 0.15) is 39.7 Å². The summed E-state index contributed by atoms with van der Waals surface area (Å²) >= 11 is 0. The number of imidazole rings is 1. The summed E-state index contributed by atoms with van der Waals surface area (Å²) in [6.07, 6.45) is -5.41. The normalized spacial score (nSPS) is 12.5. The summed E-state index contributed by atoms with van der Waals surface area (Å²) in [5, 5.41) is 18.2. The number of rotatable bonds is 8. The Morgan fingerprint density at radius 1 is 1.22 bits per heavy atom. The van der Waals surface area contributed by atoms with Crippen molar-refractivity contribution in [2.75, 3.05) is 19.0 Å². The largest absolute Gasteiger partial charge is 0.494 e. The number of aliphatic hydroxyl groups excluding tert-OH is 1. The van der Waals surface area contributed by atoms with E-state index in [1.54, 1.807) is 25.1 Å². The number of nitrogens with two attached hydrogens (primary N) is 1. The van der Waals surface area contributed by atoms with E-state index in [0.717, 1.165) is 6.07 Å². The number of alkyl halides is 3. The third kappa shape index (κ3) is 5.48. The van der Waals surface area contributed by atoms with E-state index >= 15 is 0 Å². The number of ether oxygens (including phenoxy) is 1. The molecule has 0 bridgehead atoms. The molecular formula is C25H23F4N5O3. The van der Waals surface area contributed by atoms with E-state index in [9.17, 15) is 27.5 Å². The molecule has 4 rings (SSSR count). The van der Waals surface area contributed by atoms with Gasteiger partial charge in [-0.25, -0.2) is 13.9 Å². The molecule has 0 aliphatic rings. The minimum atomic E-state index is -4.38. The lowest BCUT2D eigenvalue weighted by molar-refractivity contribution is -0.131. The third-order valence-corrected chi connectivity index (χ3v) is 5.77. The number of primary amides is 1. The Morgan fingerprint density at radius 2 is 1.97 bits per heavy atom. The Morgan fingerprint density at radius 3 is 2.59 bits per heavy atom. The number of aromatic nitrogens is 3. The zero-order chi connectivity index (χ0) is 26.9. The first-order chi connectivity index (χ1) is 17.5. The Kier molecular flexibility index (Phi) is 7.03. The number of hydrogen-bond donors (Lipinski definition) is 3. The Labute approximate surface area is 208 Å². The maximum atomic E-state index is 14.3. The summed E-state index contributed by atoms with van der Waals surface area (Å²) in [4.78, 5) is 15.9. The van der Waals surface area contributed by atoms with Crippen molar-refractivity contribution in [3.05, 3.63) is 76.9 Å². The fraction of sp³-hybridized carbons (Fsp3) is 0.240. The second-order valence-electron chi connectivity index (χ2n) is 8.34. The van der Waals surface area contributed by atoms with E-state index in [-0.39, 0.29) is 28.3 Å². The number of amides is 1. The molecule has 37 heavy (non-hydrogen) atoms. The number of nitrogens with one attached hydrogen (secondary N) is 1. The maximum Gasteiger partial charge on any atom is 0.390 e. The number of halogens is 4. The fourth-order valence-corrected chi connectivity index (χ4v) is 3.91. The van der Waals surface area contributed by atoms with Crippen molar-refractivity contribution in [1.29, 1.82) is 0 Å². The van der Waals surface area contributed by atoms with Gasteiger partial charge in [-0.1, -0.05) is 12.1 Å². The van der Waals surface area contributed by atoms with Crippen LogP contribution in [0.25, 0.3) is 16.9 Å². The van der Waals surface area contributed by atoms with Crippen LogP contribution in [0.15, 0.2) is 48.7 Å². The molecule has 12 heteroatoms. The SMILES string of the molecule is COc1ccc(C(O)c2cc(NCCC(F)(F)F)c3ncc(-c4ccc(C(N)=O)c(C)c4)n3n2)cc1F. The van der Waals surface area contributed by atoms with Crippen molar-refractivity contribution in [2.24, 2.45) is 5.73 Å². The van der Waals surface area contributed by atoms with Crippen LogP contribution in [-0.2, 0) is 0 Å². The van der Waals surface area contributed by atoms with Crippen LogP contribution >= 0.6 is 0 Å². The number of nitrogens with zero attached hydrogens (tertiary/aromatic N) is 3. The monoisotopic (exact) mass is 517 g/mol. The molecule has 0 fully saturated rings. The molecule has 0 spiro atoms. The number of benzene rings is 2. The van der Waals surface area contributed by atoms with Crippen molar-refractivity contribution in [3.8, 4) is 17.0 Å². The lowest BCUT2D eigenvalue weighted by Crippen LogP contribution is -2.16. The van der Waals surface area contributed by atoms with Crippen LogP contribution in [0.5, 0.6) is 5.75 Å². The van der Waals surface area contributed by atoms with E-state index < -0.39 is 37.0 Å². The first-order valence-electron chi connectivity index (χ1n) is 11.1. The van der Waals surface area contributed by atoms with E-state index in [0.29, 0.717) is 22.4 Å². The van der Waals surface area contributed by atoms with E-state index in [1.165, 1.54) is 36.0 Å². The van der Waals surface area contributed by atoms with Gasteiger partial charge in [0.1, 0.15) is 6.10 Å². The second kappa shape index (κ2) is 10.1. The topological polar surface area (TPSA) is 115 Å². The van der Waals surface area contributed by atoms with Gasteiger partial charge in [-0.2, -0.15) is 18.3 Å². The van der Waals surface area contributed by atoms with Gasteiger partial charge in [-0.15, -0.1) is 0 Å². The van der Waals surface area contributed by atoms with Gasteiger partial charge in [0.2, 0.25) is 5.91 Å². The molecule has 2 aromatic heterocycles. The number of carbonyl (C=O) groups excluding carboxylic acids is 1. The lowest BCUT2D eigenvalue weighted by Gasteiger charge is -2.16. The molecule has 4 N–H and O–H groups in total. The number of carbonyl (C=O) groups is 1. The number of anilines is 1. The van der Waals surface area contributed by atoms with Crippen molar-refractivity contribution in [2.45, 2.75) is 25.6 Å². The van der Waals surface area contributed by atoms with Crippen molar-refractivity contribution < 1.29 is 32.2 Å². The highest BCUT2D eigenvalue weighted by molar-refractivity contribution is 5.94. The highest BCUT2D eigenvalue weighted by atomic mass is 19.4. The van der Waals surface area contributed by atoms with Crippen LogP contribution in [0.2, 0.25) is 0 Å². The summed E-state index contributed by atoms with van der Waals surface area (Å²) in [7, 11) is 1.31. The number of hydrogen-bond acceptors (Lipinski definition) is 6. The number of methoxy groups -OCH3 is 1. The molecular weight excluding hydrogens is 494 g/mol. The van der Waals surface area contributed by atoms with Gasteiger partial charge >= 0.3 is 6.18 Å². The zero-order valence-corrected chi connectivity index (χ0v) is 19.8. The van der Waals surface area contributed by atoms with E-state index in [4.69, 9.17) is 10.5 Å². The summed E-state index contributed by atoms with van der Waals surface area (Å²) in [5.41, 5.74) is 7.98. The summed E-state index contributed by atoms with van der Waals surface area (Å²) in [6.45, 7) is 1.27. The predicted molar refractivity (Wildman–Crippen MR) is 128 cm³/mol. The molecule has 2 heterocycles. The van der Waals surface area contributed by atoms with Crippen molar-refractivity contribution in [1.82, 2.24) is 14.6 Å². The number of fused-ring (bicyclic) bond motifs is 1. The first-order valence-corrected chi connectivity index (χ1v) is 11.1. The lowest BCUT2D eigenvalue weighted by atomic mass is 10.0. The molecule has 1 unspecified atom stereocenters. The minimum absolute atomic E-state index is 0.0134. The Bertz CT molecular complexity index is 1470. The first kappa shape index (κ1) is 25.9. The number of aryl methyl sites for hydroxylation is 1. The second-order valence-corrected chi connectivity index (χ2v) is 8.34. The molecule has 1 atom stereocenters. The van der Waals surface area contributed by atoms with Gasteiger partial charge in [-0.3, -0.25) is 4.79 Å². The highest BCUT2D eigenvalue weighted by Crippen LogP contribution is 2.31. The van der Waals surface area contributed by atoms with Crippen molar-refractivity contribution >= 4 is 17.2 Å². The van der Waals surface area contributed by atoms with Gasteiger partial charge < -0.3 is 20.9 Å². The maximum absolute atomic E-state index is 14.3. The quantitative estimate of drug-likeness (QED) is 0.299. The van der Waals surface area contributed by atoms with Crippen LogP contribution in [0.3, 0.4) is 0 Å². The standard InChI is InChI=1S/C25H23F4N5O3/c1-13-9-14(3-5-16(13)23(30)36)20-12-32-24-19(31-8-7-25(27,28)29)11-18(33-34(20)24)22(35)15-4-6-21(37-2)17(26)10-15/h3-6,9-12,22,31,35H,7-8H2,1-2H3,(H2,30,36). The Hall–Kier alpha value is -4.19. The highest BCUT2D eigenvalue weighted by Gasteiger charge is 2.27.